The first-order chi connectivity index (χ1) is 14.3. The molecule has 0 bridgehead atoms. The summed E-state index contributed by atoms with van der Waals surface area (Å²) in [6.07, 6.45) is 7.17. The molecule has 0 spiro atoms. The van der Waals surface area contributed by atoms with Crippen molar-refractivity contribution in [2.75, 3.05) is 19.3 Å². The van der Waals surface area contributed by atoms with Gasteiger partial charge in [0.2, 0.25) is 15.9 Å². The molecule has 1 aliphatic heterocycles. The standard InChI is InChI=1S/C21H27N3O4S2/c1-16-23-18(15-29-16)14-28-20-9-6-17(7-10-20)8-11-21(25)24-12-4-3-5-19(24)13-22-30(2,26)27/h6-11,15,19,22H,3-5,12-14H2,1-2H3/b11-8+. The van der Waals surface area contributed by atoms with Crippen LogP contribution in [0.2, 0.25) is 0 Å². The summed E-state index contributed by atoms with van der Waals surface area (Å²) in [5, 5.41) is 3.00. The van der Waals surface area contributed by atoms with Gasteiger partial charge in [0, 0.05) is 30.6 Å². The number of hydrogen-bond donors (Lipinski definition) is 1. The van der Waals surface area contributed by atoms with Gasteiger partial charge in [0.25, 0.3) is 0 Å². The minimum Gasteiger partial charge on any atom is -0.487 e. The average molecular weight is 450 g/mol. The summed E-state index contributed by atoms with van der Waals surface area (Å²) in [5.41, 5.74) is 1.80. The lowest BCUT2D eigenvalue weighted by Crippen LogP contribution is -2.48. The number of sulfonamides is 1. The van der Waals surface area contributed by atoms with Crippen molar-refractivity contribution in [3.05, 3.63) is 52.0 Å². The summed E-state index contributed by atoms with van der Waals surface area (Å²) in [6.45, 7) is 3.28. The Bertz CT molecular complexity index is 984. The first kappa shape index (κ1) is 22.5. The van der Waals surface area contributed by atoms with E-state index in [1.165, 1.54) is 0 Å². The number of piperidine rings is 1. The summed E-state index contributed by atoms with van der Waals surface area (Å²) in [4.78, 5) is 18.8. The second-order valence-corrected chi connectivity index (χ2v) is 10.2. The molecule has 1 N–H and O–H groups in total. The van der Waals surface area contributed by atoms with Crippen LogP contribution >= 0.6 is 11.3 Å². The van der Waals surface area contributed by atoms with Gasteiger partial charge in [-0.05, 0) is 50.0 Å². The number of likely N-dealkylation sites (tertiary alicyclic amines) is 1. The van der Waals surface area contributed by atoms with Crippen LogP contribution < -0.4 is 9.46 Å². The molecule has 1 amide bonds. The molecule has 1 atom stereocenters. The third-order valence-electron chi connectivity index (χ3n) is 4.84. The number of rotatable bonds is 8. The van der Waals surface area contributed by atoms with Gasteiger partial charge in [-0.25, -0.2) is 18.1 Å². The Labute approximate surface area is 181 Å². The monoisotopic (exact) mass is 449 g/mol. The van der Waals surface area contributed by atoms with E-state index in [4.69, 9.17) is 4.74 Å². The van der Waals surface area contributed by atoms with E-state index in [1.54, 1.807) is 28.4 Å². The Morgan fingerprint density at radius 3 is 2.77 bits per heavy atom. The summed E-state index contributed by atoms with van der Waals surface area (Å²) in [7, 11) is -3.27. The zero-order valence-corrected chi connectivity index (χ0v) is 18.8. The molecule has 0 saturated carbocycles. The van der Waals surface area contributed by atoms with Gasteiger partial charge in [-0.3, -0.25) is 4.79 Å². The van der Waals surface area contributed by atoms with E-state index in [9.17, 15) is 13.2 Å². The largest absolute Gasteiger partial charge is 0.487 e. The Hall–Kier alpha value is -2.23. The molecule has 7 nitrogen and oxygen atoms in total. The molecular formula is C21H27N3O4S2. The van der Waals surface area contributed by atoms with Gasteiger partial charge in [-0.1, -0.05) is 12.1 Å². The number of nitrogens with one attached hydrogen (secondary N) is 1. The maximum atomic E-state index is 12.7. The molecule has 0 radical (unpaired) electrons. The highest BCUT2D eigenvalue weighted by molar-refractivity contribution is 7.88. The number of thiazole rings is 1. The summed E-state index contributed by atoms with van der Waals surface area (Å²) in [6, 6.07) is 7.40. The highest BCUT2D eigenvalue weighted by Gasteiger charge is 2.25. The van der Waals surface area contributed by atoms with Crippen LogP contribution in [0.4, 0.5) is 0 Å². The molecule has 0 aliphatic carbocycles. The van der Waals surface area contributed by atoms with Gasteiger partial charge in [0.1, 0.15) is 12.4 Å². The maximum absolute atomic E-state index is 12.7. The number of ether oxygens (including phenoxy) is 1. The molecule has 1 unspecified atom stereocenters. The summed E-state index contributed by atoms with van der Waals surface area (Å²) in [5.74, 6) is 0.640. The van der Waals surface area contributed by atoms with Gasteiger partial charge in [0.05, 0.1) is 17.0 Å². The van der Waals surface area contributed by atoms with E-state index in [0.29, 0.717) is 13.2 Å². The van der Waals surface area contributed by atoms with Crippen molar-refractivity contribution in [1.29, 1.82) is 0 Å². The van der Waals surface area contributed by atoms with Crippen molar-refractivity contribution < 1.29 is 17.9 Å². The van der Waals surface area contributed by atoms with Crippen molar-refractivity contribution in [1.82, 2.24) is 14.6 Å². The molecule has 2 heterocycles. The number of aromatic nitrogens is 1. The number of hydrogen-bond acceptors (Lipinski definition) is 6. The van der Waals surface area contributed by atoms with Crippen molar-refractivity contribution in [2.45, 2.75) is 38.8 Å². The van der Waals surface area contributed by atoms with Crippen molar-refractivity contribution in [3.63, 3.8) is 0 Å². The second-order valence-electron chi connectivity index (χ2n) is 7.35. The van der Waals surface area contributed by atoms with Crippen LogP contribution in [0.25, 0.3) is 6.08 Å². The van der Waals surface area contributed by atoms with E-state index in [-0.39, 0.29) is 18.5 Å². The fourth-order valence-corrected chi connectivity index (χ4v) is 4.41. The van der Waals surface area contributed by atoms with E-state index in [0.717, 1.165) is 47.5 Å². The normalized spacial score (nSPS) is 17.4. The van der Waals surface area contributed by atoms with Crippen LogP contribution in [-0.4, -0.2) is 49.6 Å². The molecule has 1 saturated heterocycles. The quantitative estimate of drug-likeness (QED) is 0.626. The average Bonchev–Trinajstić information content (AvgIpc) is 3.14. The van der Waals surface area contributed by atoms with E-state index >= 15 is 0 Å². The smallest absolute Gasteiger partial charge is 0.246 e. The third kappa shape index (κ3) is 6.93. The lowest BCUT2D eigenvalue weighted by molar-refractivity contribution is -0.129. The Kier molecular flexibility index (Phi) is 7.63. The highest BCUT2D eigenvalue weighted by Crippen LogP contribution is 2.19. The Morgan fingerprint density at radius 1 is 1.33 bits per heavy atom. The van der Waals surface area contributed by atoms with Crippen molar-refractivity contribution in [3.8, 4) is 5.75 Å². The lowest BCUT2D eigenvalue weighted by Gasteiger charge is -2.35. The minimum atomic E-state index is -3.27. The van der Waals surface area contributed by atoms with Crippen LogP contribution in [0.1, 0.15) is 35.5 Å². The van der Waals surface area contributed by atoms with Crippen molar-refractivity contribution in [2.24, 2.45) is 0 Å². The van der Waals surface area contributed by atoms with Gasteiger partial charge >= 0.3 is 0 Å². The Morgan fingerprint density at radius 2 is 2.10 bits per heavy atom. The number of carbonyl (C=O) groups excluding carboxylic acids is 1. The molecule has 1 fully saturated rings. The topological polar surface area (TPSA) is 88.6 Å². The molecule has 2 aromatic rings. The molecule has 162 valence electrons. The number of aryl methyl sites for hydroxylation is 1. The predicted octanol–water partition coefficient (Wildman–Crippen LogP) is 2.97. The van der Waals surface area contributed by atoms with Gasteiger partial charge in [0.15, 0.2) is 0 Å². The van der Waals surface area contributed by atoms with E-state index < -0.39 is 10.0 Å². The molecule has 30 heavy (non-hydrogen) atoms. The van der Waals surface area contributed by atoms with Crippen LogP contribution in [0.5, 0.6) is 5.75 Å². The summed E-state index contributed by atoms with van der Waals surface area (Å²) >= 11 is 1.60. The van der Waals surface area contributed by atoms with E-state index in [1.807, 2.05) is 36.6 Å². The number of benzene rings is 1. The molecule has 1 aromatic carbocycles. The lowest BCUT2D eigenvalue weighted by atomic mass is 10.0. The van der Waals surface area contributed by atoms with Crippen LogP contribution in [0.15, 0.2) is 35.7 Å². The fraction of sp³-hybridized carbons (Fsp3) is 0.429. The maximum Gasteiger partial charge on any atom is 0.246 e. The number of carbonyl (C=O) groups is 1. The zero-order valence-electron chi connectivity index (χ0n) is 17.2. The Balaban J connectivity index is 1.55. The molecule has 3 rings (SSSR count). The van der Waals surface area contributed by atoms with Gasteiger partial charge in [-0.15, -0.1) is 11.3 Å². The third-order valence-corrected chi connectivity index (χ3v) is 6.36. The number of amides is 1. The van der Waals surface area contributed by atoms with E-state index in [2.05, 4.69) is 9.71 Å². The predicted molar refractivity (Wildman–Crippen MR) is 119 cm³/mol. The zero-order chi connectivity index (χ0) is 21.6. The SMILES string of the molecule is Cc1nc(COc2ccc(/C=C/C(=O)N3CCCCC3CNS(C)(=O)=O)cc2)cs1. The van der Waals surface area contributed by atoms with Crippen LogP contribution in [0, 0.1) is 6.92 Å². The first-order valence-corrected chi connectivity index (χ1v) is 12.6. The fourth-order valence-electron chi connectivity index (χ4n) is 3.32. The number of nitrogens with zero attached hydrogens (tertiary/aromatic N) is 2. The molecule has 1 aromatic heterocycles. The minimum absolute atomic E-state index is 0.103. The molecule has 1 aliphatic rings. The van der Waals surface area contributed by atoms with Gasteiger partial charge in [-0.2, -0.15) is 0 Å². The van der Waals surface area contributed by atoms with Crippen molar-refractivity contribution >= 4 is 33.3 Å². The highest BCUT2D eigenvalue weighted by atomic mass is 32.2. The van der Waals surface area contributed by atoms with Crippen LogP contribution in [-0.2, 0) is 21.4 Å². The second kappa shape index (κ2) is 10.2. The van der Waals surface area contributed by atoms with Crippen LogP contribution in [0.3, 0.4) is 0 Å². The van der Waals surface area contributed by atoms with Gasteiger partial charge < -0.3 is 9.64 Å². The first-order valence-electron chi connectivity index (χ1n) is 9.87. The summed E-state index contributed by atoms with van der Waals surface area (Å²) < 4.78 is 31.0. The molecular weight excluding hydrogens is 422 g/mol. The molecule has 9 heteroatoms.